The van der Waals surface area contributed by atoms with Gasteiger partial charge in [-0.3, -0.25) is 4.79 Å². The fraction of sp³-hybridized carbons (Fsp3) is 0.545. The fourth-order valence-electron chi connectivity index (χ4n) is 2.84. The highest BCUT2D eigenvalue weighted by Crippen LogP contribution is 2.12. The third-order valence-corrected chi connectivity index (χ3v) is 4.59. The molecule has 0 fully saturated rings. The van der Waals surface area contributed by atoms with Crippen LogP contribution in [-0.2, 0) is 27.4 Å². The van der Waals surface area contributed by atoms with Crippen LogP contribution in [0.15, 0.2) is 43.0 Å². The van der Waals surface area contributed by atoms with Gasteiger partial charge in [-0.25, -0.2) is 4.98 Å². The van der Waals surface area contributed by atoms with Crippen molar-refractivity contribution < 1.29 is 19.0 Å². The highest BCUT2D eigenvalue weighted by molar-refractivity contribution is 5.75. The molecule has 1 aromatic carbocycles. The second kappa shape index (κ2) is 13.0. The number of carbonyl (C=O) groups is 1. The third-order valence-electron chi connectivity index (χ3n) is 4.59. The molecule has 0 radical (unpaired) electrons. The van der Waals surface area contributed by atoms with E-state index in [1.54, 1.807) is 38.6 Å². The first-order chi connectivity index (χ1) is 14.1. The largest absolute Gasteiger partial charge is 0.497 e. The molecule has 0 saturated heterocycles. The van der Waals surface area contributed by atoms with Crippen molar-refractivity contribution in [2.45, 2.75) is 44.9 Å². The molecule has 0 N–H and O–H groups in total. The molecule has 1 amide bonds. The number of aromatic nitrogens is 2. The summed E-state index contributed by atoms with van der Waals surface area (Å²) in [4.78, 5) is 17.3. The van der Waals surface area contributed by atoms with Gasteiger partial charge in [0.2, 0.25) is 5.91 Å². The zero-order valence-electron chi connectivity index (χ0n) is 17.8. The van der Waals surface area contributed by atoms with Crippen LogP contribution in [0, 0.1) is 0 Å². The topological polar surface area (TPSA) is 65.8 Å². The number of carbonyl (C=O) groups excluding carboxylic acids is 1. The van der Waals surface area contributed by atoms with Crippen LogP contribution in [0.2, 0.25) is 0 Å². The van der Waals surface area contributed by atoms with Gasteiger partial charge in [-0.05, 0) is 30.5 Å². The molecule has 0 aliphatic rings. The zero-order valence-corrected chi connectivity index (χ0v) is 17.8. The molecule has 0 aliphatic carbocycles. The van der Waals surface area contributed by atoms with Gasteiger partial charge in [0.15, 0.2) is 0 Å². The van der Waals surface area contributed by atoms with E-state index in [1.807, 2.05) is 35.0 Å². The Morgan fingerprint density at radius 3 is 2.62 bits per heavy atom. The lowest BCUT2D eigenvalue weighted by atomic mass is 10.2. The zero-order chi connectivity index (χ0) is 20.9. The van der Waals surface area contributed by atoms with Crippen LogP contribution in [-0.4, -0.2) is 60.9 Å². The SMILES string of the molecule is COc1ccc(COCC(Cn2ccnc2)OCCCCCC(=O)N(C)C)cc1. The van der Waals surface area contributed by atoms with Crippen molar-refractivity contribution in [2.24, 2.45) is 0 Å². The lowest BCUT2D eigenvalue weighted by Gasteiger charge is -2.19. The van der Waals surface area contributed by atoms with Crippen LogP contribution >= 0.6 is 0 Å². The van der Waals surface area contributed by atoms with Crippen LogP contribution < -0.4 is 4.74 Å². The van der Waals surface area contributed by atoms with E-state index < -0.39 is 0 Å². The molecular formula is C22H33N3O4. The Bertz CT molecular complexity index is 687. The highest BCUT2D eigenvalue weighted by atomic mass is 16.5. The quantitative estimate of drug-likeness (QED) is 0.454. The number of unbranched alkanes of at least 4 members (excludes halogenated alkanes) is 2. The van der Waals surface area contributed by atoms with Crippen LogP contribution in [0.5, 0.6) is 5.75 Å². The van der Waals surface area contributed by atoms with E-state index in [4.69, 9.17) is 14.2 Å². The maximum Gasteiger partial charge on any atom is 0.222 e. The van der Waals surface area contributed by atoms with Gasteiger partial charge in [0, 0.05) is 39.5 Å². The van der Waals surface area contributed by atoms with Gasteiger partial charge < -0.3 is 23.7 Å². The van der Waals surface area contributed by atoms with Crippen molar-refractivity contribution in [1.82, 2.24) is 14.5 Å². The van der Waals surface area contributed by atoms with E-state index in [9.17, 15) is 4.79 Å². The summed E-state index contributed by atoms with van der Waals surface area (Å²) < 4.78 is 19.1. The average Bonchev–Trinajstić information content (AvgIpc) is 3.23. The number of benzene rings is 1. The minimum atomic E-state index is -0.0501. The lowest BCUT2D eigenvalue weighted by molar-refractivity contribution is -0.128. The molecule has 160 valence electrons. The molecule has 29 heavy (non-hydrogen) atoms. The lowest BCUT2D eigenvalue weighted by Crippen LogP contribution is -2.26. The van der Waals surface area contributed by atoms with E-state index in [1.165, 1.54) is 0 Å². The summed E-state index contributed by atoms with van der Waals surface area (Å²) in [5, 5.41) is 0. The van der Waals surface area contributed by atoms with Crippen LogP contribution in [0.25, 0.3) is 0 Å². The second-order valence-corrected chi connectivity index (χ2v) is 7.21. The van der Waals surface area contributed by atoms with Gasteiger partial charge in [-0.15, -0.1) is 0 Å². The van der Waals surface area contributed by atoms with Gasteiger partial charge in [-0.2, -0.15) is 0 Å². The number of hydrogen-bond acceptors (Lipinski definition) is 5. The third kappa shape index (κ3) is 9.11. The summed E-state index contributed by atoms with van der Waals surface area (Å²) in [5.41, 5.74) is 1.10. The normalized spacial score (nSPS) is 12.0. The first-order valence-corrected chi connectivity index (χ1v) is 10.1. The number of nitrogens with zero attached hydrogens (tertiary/aromatic N) is 3. The number of ether oxygens (including phenoxy) is 3. The van der Waals surface area contributed by atoms with Crippen molar-refractivity contribution in [3.05, 3.63) is 48.5 Å². The molecule has 2 rings (SSSR count). The molecule has 1 atom stereocenters. The summed E-state index contributed by atoms with van der Waals surface area (Å²) >= 11 is 0. The Hall–Kier alpha value is -2.38. The van der Waals surface area contributed by atoms with Gasteiger partial charge in [-0.1, -0.05) is 18.6 Å². The van der Waals surface area contributed by atoms with E-state index in [0.717, 1.165) is 30.6 Å². The predicted octanol–water partition coefficient (Wildman–Crippen LogP) is 3.14. The minimum absolute atomic E-state index is 0.0501. The summed E-state index contributed by atoms with van der Waals surface area (Å²) in [7, 11) is 5.24. The number of methoxy groups -OCH3 is 1. The number of amides is 1. The Morgan fingerprint density at radius 2 is 1.97 bits per heavy atom. The molecule has 7 heteroatoms. The molecule has 1 aromatic heterocycles. The summed E-state index contributed by atoms with van der Waals surface area (Å²) in [6.45, 7) is 2.38. The summed E-state index contributed by atoms with van der Waals surface area (Å²) in [6, 6.07) is 7.86. The van der Waals surface area contributed by atoms with Crippen molar-refractivity contribution in [3.63, 3.8) is 0 Å². The molecule has 7 nitrogen and oxygen atoms in total. The number of imidazole rings is 1. The minimum Gasteiger partial charge on any atom is -0.497 e. The number of rotatable bonds is 14. The molecule has 0 spiro atoms. The monoisotopic (exact) mass is 403 g/mol. The first kappa shape index (κ1) is 22.9. The first-order valence-electron chi connectivity index (χ1n) is 10.1. The van der Waals surface area contributed by atoms with Crippen molar-refractivity contribution in [1.29, 1.82) is 0 Å². The molecule has 0 aliphatic heterocycles. The Morgan fingerprint density at radius 1 is 1.17 bits per heavy atom. The molecule has 0 saturated carbocycles. The van der Waals surface area contributed by atoms with Crippen molar-refractivity contribution in [2.75, 3.05) is 34.4 Å². The highest BCUT2D eigenvalue weighted by Gasteiger charge is 2.11. The molecule has 0 bridgehead atoms. The number of hydrogen-bond donors (Lipinski definition) is 0. The molecular weight excluding hydrogens is 370 g/mol. The average molecular weight is 404 g/mol. The maximum atomic E-state index is 11.6. The van der Waals surface area contributed by atoms with E-state index in [0.29, 0.717) is 32.8 Å². The molecule has 1 heterocycles. The van der Waals surface area contributed by atoms with Crippen molar-refractivity contribution in [3.8, 4) is 5.75 Å². The predicted molar refractivity (Wildman–Crippen MR) is 112 cm³/mol. The van der Waals surface area contributed by atoms with E-state index >= 15 is 0 Å². The van der Waals surface area contributed by atoms with Gasteiger partial charge in [0.05, 0.1) is 39.3 Å². The van der Waals surface area contributed by atoms with Crippen molar-refractivity contribution >= 4 is 5.91 Å². The maximum absolute atomic E-state index is 11.6. The van der Waals surface area contributed by atoms with E-state index in [2.05, 4.69) is 4.98 Å². The fourth-order valence-corrected chi connectivity index (χ4v) is 2.84. The standard InChI is InChI=1S/C22H33N3O4/c1-24(2)22(26)7-5-4-6-14-29-21(15-25-13-12-23-18-25)17-28-16-19-8-10-20(27-3)11-9-19/h8-13,18,21H,4-7,14-17H2,1-3H3. The van der Waals surface area contributed by atoms with Crippen LogP contribution in [0.4, 0.5) is 0 Å². The van der Waals surface area contributed by atoms with Crippen LogP contribution in [0.1, 0.15) is 31.2 Å². The Kier molecular flexibility index (Phi) is 10.2. The summed E-state index contributed by atoms with van der Waals surface area (Å²) in [5.74, 6) is 1.01. The second-order valence-electron chi connectivity index (χ2n) is 7.21. The Labute approximate surface area is 173 Å². The Balaban J connectivity index is 1.70. The van der Waals surface area contributed by atoms with Crippen LogP contribution in [0.3, 0.4) is 0 Å². The van der Waals surface area contributed by atoms with Gasteiger partial charge in [0.25, 0.3) is 0 Å². The smallest absolute Gasteiger partial charge is 0.222 e. The van der Waals surface area contributed by atoms with Gasteiger partial charge in [0.1, 0.15) is 5.75 Å². The van der Waals surface area contributed by atoms with E-state index in [-0.39, 0.29) is 12.0 Å². The molecule has 1 unspecified atom stereocenters. The molecule has 2 aromatic rings. The summed E-state index contributed by atoms with van der Waals surface area (Å²) in [6.07, 6.45) is 8.81. The van der Waals surface area contributed by atoms with Gasteiger partial charge >= 0.3 is 0 Å².